The van der Waals surface area contributed by atoms with E-state index in [-0.39, 0.29) is 5.91 Å². The van der Waals surface area contributed by atoms with E-state index in [0.717, 1.165) is 11.4 Å². The van der Waals surface area contributed by atoms with Gasteiger partial charge in [0.1, 0.15) is 0 Å². The first kappa shape index (κ1) is 14.1. The number of anilines is 2. The van der Waals surface area contributed by atoms with E-state index in [2.05, 4.69) is 30.7 Å². The average molecular weight is 269 g/mol. The highest BCUT2D eigenvalue weighted by molar-refractivity contribution is 6.04. The molecule has 0 aliphatic carbocycles. The lowest BCUT2D eigenvalue weighted by molar-refractivity contribution is 0.102. The van der Waals surface area contributed by atoms with Gasteiger partial charge in [0, 0.05) is 16.9 Å². The summed E-state index contributed by atoms with van der Waals surface area (Å²) in [4.78, 5) is 12.1. The molecule has 1 amide bonds. The van der Waals surface area contributed by atoms with Crippen LogP contribution in [0.5, 0.6) is 0 Å². The fourth-order valence-corrected chi connectivity index (χ4v) is 1.90. The number of hydrazine groups is 1. The summed E-state index contributed by atoms with van der Waals surface area (Å²) < 4.78 is 0. The van der Waals surface area contributed by atoms with Crippen LogP contribution >= 0.6 is 0 Å². The zero-order valence-electron chi connectivity index (χ0n) is 11.7. The first-order valence-corrected chi connectivity index (χ1v) is 6.58. The summed E-state index contributed by atoms with van der Waals surface area (Å²) in [6.07, 6.45) is 0. The number of hydrogen-bond acceptors (Lipinski definition) is 3. The number of nitrogen functional groups attached to an aromatic ring is 1. The molecule has 4 heteroatoms. The van der Waals surface area contributed by atoms with E-state index in [1.54, 1.807) is 24.3 Å². The van der Waals surface area contributed by atoms with Crippen molar-refractivity contribution < 1.29 is 4.79 Å². The van der Waals surface area contributed by atoms with E-state index < -0.39 is 0 Å². The van der Waals surface area contributed by atoms with E-state index in [1.807, 2.05) is 18.2 Å². The van der Waals surface area contributed by atoms with Crippen molar-refractivity contribution in [2.45, 2.75) is 19.8 Å². The standard InChI is InChI=1S/C16H19N3O/c1-11(2)13-4-3-5-15(10-13)18-16(20)12-6-8-14(19-17)9-7-12/h3-11,19H,17H2,1-2H3,(H,18,20). The van der Waals surface area contributed by atoms with Crippen molar-refractivity contribution in [3.05, 3.63) is 59.7 Å². The van der Waals surface area contributed by atoms with Gasteiger partial charge in [-0.2, -0.15) is 0 Å². The topological polar surface area (TPSA) is 67.2 Å². The Morgan fingerprint density at radius 2 is 1.75 bits per heavy atom. The van der Waals surface area contributed by atoms with E-state index in [0.29, 0.717) is 11.5 Å². The third kappa shape index (κ3) is 3.36. The van der Waals surface area contributed by atoms with Crippen LogP contribution < -0.4 is 16.6 Å². The molecule has 0 fully saturated rings. The van der Waals surface area contributed by atoms with Crippen molar-refractivity contribution in [1.29, 1.82) is 0 Å². The highest BCUT2D eigenvalue weighted by atomic mass is 16.1. The lowest BCUT2D eigenvalue weighted by atomic mass is 10.0. The van der Waals surface area contributed by atoms with Crippen molar-refractivity contribution in [1.82, 2.24) is 0 Å². The monoisotopic (exact) mass is 269 g/mol. The van der Waals surface area contributed by atoms with Gasteiger partial charge in [0.25, 0.3) is 5.91 Å². The van der Waals surface area contributed by atoms with Crippen LogP contribution in [0.1, 0.15) is 35.7 Å². The van der Waals surface area contributed by atoms with E-state index in [1.165, 1.54) is 5.56 Å². The van der Waals surface area contributed by atoms with Gasteiger partial charge in [-0.1, -0.05) is 26.0 Å². The number of nitrogens with one attached hydrogen (secondary N) is 2. The van der Waals surface area contributed by atoms with Crippen molar-refractivity contribution in [3.63, 3.8) is 0 Å². The maximum Gasteiger partial charge on any atom is 0.255 e. The molecule has 2 rings (SSSR count). The molecule has 0 aliphatic heterocycles. The maximum absolute atomic E-state index is 12.1. The van der Waals surface area contributed by atoms with Gasteiger partial charge in [-0.3, -0.25) is 10.6 Å². The largest absolute Gasteiger partial charge is 0.324 e. The number of hydrogen-bond donors (Lipinski definition) is 3. The number of carbonyl (C=O) groups is 1. The zero-order valence-corrected chi connectivity index (χ0v) is 11.7. The second-order valence-corrected chi connectivity index (χ2v) is 4.96. The van der Waals surface area contributed by atoms with Crippen LogP contribution in [-0.4, -0.2) is 5.91 Å². The molecule has 2 aromatic carbocycles. The second kappa shape index (κ2) is 6.21. The SMILES string of the molecule is CC(C)c1cccc(NC(=O)c2ccc(NN)cc2)c1. The summed E-state index contributed by atoms with van der Waals surface area (Å²) in [6, 6.07) is 14.9. The van der Waals surface area contributed by atoms with Gasteiger partial charge >= 0.3 is 0 Å². The van der Waals surface area contributed by atoms with Crippen molar-refractivity contribution in [2.75, 3.05) is 10.7 Å². The molecule has 0 aromatic heterocycles. The molecular weight excluding hydrogens is 250 g/mol. The predicted molar refractivity (Wildman–Crippen MR) is 82.7 cm³/mol. The molecule has 20 heavy (non-hydrogen) atoms. The summed E-state index contributed by atoms with van der Waals surface area (Å²) >= 11 is 0. The van der Waals surface area contributed by atoms with Gasteiger partial charge in [-0.05, 0) is 47.9 Å². The molecule has 0 saturated heterocycles. The summed E-state index contributed by atoms with van der Waals surface area (Å²) in [5.74, 6) is 5.60. The van der Waals surface area contributed by atoms with Crippen LogP contribution in [-0.2, 0) is 0 Å². The average Bonchev–Trinajstić information content (AvgIpc) is 2.47. The van der Waals surface area contributed by atoms with Crippen LogP contribution in [0.2, 0.25) is 0 Å². The third-order valence-corrected chi connectivity index (χ3v) is 3.12. The molecule has 4 nitrogen and oxygen atoms in total. The minimum Gasteiger partial charge on any atom is -0.324 e. The van der Waals surface area contributed by atoms with Crippen LogP contribution in [0, 0.1) is 0 Å². The van der Waals surface area contributed by atoms with Gasteiger partial charge in [-0.25, -0.2) is 0 Å². The lowest BCUT2D eigenvalue weighted by Gasteiger charge is -2.10. The first-order chi connectivity index (χ1) is 9.60. The van der Waals surface area contributed by atoms with E-state index in [9.17, 15) is 4.79 Å². The predicted octanol–water partition coefficient (Wildman–Crippen LogP) is 3.35. The molecule has 0 bridgehead atoms. The Hall–Kier alpha value is -2.33. The molecule has 0 heterocycles. The molecule has 0 unspecified atom stereocenters. The van der Waals surface area contributed by atoms with Gasteiger partial charge in [0.15, 0.2) is 0 Å². The second-order valence-electron chi connectivity index (χ2n) is 4.96. The lowest BCUT2D eigenvalue weighted by Crippen LogP contribution is -2.12. The van der Waals surface area contributed by atoms with Crippen LogP contribution in [0.3, 0.4) is 0 Å². The number of rotatable bonds is 4. The van der Waals surface area contributed by atoms with Gasteiger partial charge in [0.2, 0.25) is 0 Å². The number of benzene rings is 2. The normalized spacial score (nSPS) is 10.4. The molecule has 0 atom stereocenters. The van der Waals surface area contributed by atoms with Gasteiger partial charge < -0.3 is 10.7 Å². The number of carbonyl (C=O) groups excluding carboxylic acids is 1. The zero-order chi connectivity index (χ0) is 14.5. The fraction of sp³-hybridized carbons (Fsp3) is 0.188. The smallest absolute Gasteiger partial charge is 0.255 e. The van der Waals surface area contributed by atoms with Gasteiger partial charge in [0.05, 0.1) is 0 Å². The Labute approximate surface area is 119 Å². The molecule has 0 radical (unpaired) electrons. The van der Waals surface area contributed by atoms with Crippen LogP contribution in [0.15, 0.2) is 48.5 Å². The fourth-order valence-electron chi connectivity index (χ4n) is 1.90. The summed E-state index contributed by atoms with van der Waals surface area (Å²) in [6.45, 7) is 4.25. The summed E-state index contributed by atoms with van der Waals surface area (Å²) in [7, 11) is 0. The summed E-state index contributed by atoms with van der Waals surface area (Å²) in [5, 5.41) is 2.90. The first-order valence-electron chi connectivity index (χ1n) is 6.58. The summed E-state index contributed by atoms with van der Waals surface area (Å²) in [5.41, 5.74) is 5.90. The van der Waals surface area contributed by atoms with Crippen LogP contribution in [0.25, 0.3) is 0 Å². The van der Waals surface area contributed by atoms with Gasteiger partial charge in [-0.15, -0.1) is 0 Å². The van der Waals surface area contributed by atoms with E-state index in [4.69, 9.17) is 5.84 Å². The highest BCUT2D eigenvalue weighted by Gasteiger charge is 2.07. The number of amides is 1. The maximum atomic E-state index is 12.1. The Balaban J connectivity index is 2.12. The molecule has 4 N–H and O–H groups in total. The minimum atomic E-state index is -0.130. The Bertz CT molecular complexity index is 591. The molecular formula is C16H19N3O. The Morgan fingerprint density at radius 3 is 2.35 bits per heavy atom. The minimum absolute atomic E-state index is 0.130. The van der Waals surface area contributed by atoms with Crippen molar-refractivity contribution >= 4 is 17.3 Å². The van der Waals surface area contributed by atoms with E-state index >= 15 is 0 Å². The molecule has 0 saturated carbocycles. The molecule has 104 valence electrons. The van der Waals surface area contributed by atoms with Crippen molar-refractivity contribution in [2.24, 2.45) is 5.84 Å². The Kier molecular flexibility index (Phi) is 4.38. The molecule has 0 spiro atoms. The quantitative estimate of drug-likeness (QED) is 0.589. The number of nitrogens with two attached hydrogens (primary N) is 1. The Morgan fingerprint density at radius 1 is 1.05 bits per heavy atom. The highest BCUT2D eigenvalue weighted by Crippen LogP contribution is 2.19. The molecule has 0 aliphatic rings. The molecule has 2 aromatic rings. The van der Waals surface area contributed by atoms with Crippen LogP contribution in [0.4, 0.5) is 11.4 Å². The van der Waals surface area contributed by atoms with Crippen molar-refractivity contribution in [3.8, 4) is 0 Å². The third-order valence-electron chi connectivity index (χ3n) is 3.12.